The van der Waals surface area contributed by atoms with Crippen molar-refractivity contribution < 1.29 is 17.2 Å². The Balaban J connectivity index is 2.73. The van der Waals surface area contributed by atoms with Gasteiger partial charge < -0.3 is 5.32 Å². The first kappa shape index (κ1) is 16.0. The highest BCUT2D eigenvalue weighted by molar-refractivity contribution is 7.90. The van der Waals surface area contributed by atoms with Gasteiger partial charge in [0.1, 0.15) is 9.84 Å². The summed E-state index contributed by atoms with van der Waals surface area (Å²) in [6, 6.07) is 3.60. The SMILES string of the molecule is CCNC(CCCS(C)(=O)=O)c1ccc(F)c(F)c1. The summed E-state index contributed by atoms with van der Waals surface area (Å²) in [5, 5.41) is 3.15. The molecule has 0 bridgehead atoms. The number of rotatable bonds is 7. The van der Waals surface area contributed by atoms with Crippen molar-refractivity contribution in [2.75, 3.05) is 18.6 Å². The van der Waals surface area contributed by atoms with E-state index in [1.54, 1.807) is 0 Å². The molecule has 0 saturated carbocycles. The Labute approximate surface area is 112 Å². The number of hydrogen-bond acceptors (Lipinski definition) is 3. The fourth-order valence-corrected chi connectivity index (χ4v) is 2.60. The molecule has 1 aromatic carbocycles. The number of halogens is 2. The Kier molecular flexibility index (Phi) is 5.87. The van der Waals surface area contributed by atoms with Crippen molar-refractivity contribution in [3.63, 3.8) is 0 Å². The van der Waals surface area contributed by atoms with Gasteiger partial charge in [0.15, 0.2) is 11.6 Å². The smallest absolute Gasteiger partial charge is 0.159 e. The van der Waals surface area contributed by atoms with Gasteiger partial charge in [-0.25, -0.2) is 17.2 Å². The molecule has 0 fully saturated rings. The lowest BCUT2D eigenvalue weighted by Gasteiger charge is -2.18. The summed E-state index contributed by atoms with van der Waals surface area (Å²) in [7, 11) is -2.99. The van der Waals surface area contributed by atoms with Crippen LogP contribution >= 0.6 is 0 Å². The van der Waals surface area contributed by atoms with Crippen LogP contribution in [0.2, 0.25) is 0 Å². The number of nitrogens with one attached hydrogen (secondary N) is 1. The Morgan fingerprint density at radius 2 is 1.95 bits per heavy atom. The van der Waals surface area contributed by atoms with Gasteiger partial charge >= 0.3 is 0 Å². The van der Waals surface area contributed by atoms with E-state index >= 15 is 0 Å². The van der Waals surface area contributed by atoms with Crippen LogP contribution in [0.25, 0.3) is 0 Å². The van der Waals surface area contributed by atoms with Crippen LogP contribution in [0.1, 0.15) is 31.4 Å². The minimum absolute atomic E-state index is 0.0958. The molecule has 0 spiro atoms. The molecule has 0 aliphatic carbocycles. The zero-order valence-corrected chi connectivity index (χ0v) is 11.9. The summed E-state index contributed by atoms with van der Waals surface area (Å²) in [5.74, 6) is -1.67. The molecule has 6 heteroatoms. The van der Waals surface area contributed by atoms with Crippen LogP contribution in [0, 0.1) is 11.6 Å². The molecule has 0 aromatic heterocycles. The molecule has 0 amide bonds. The van der Waals surface area contributed by atoms with Gasteiger partial charge in [-0.15, -0.1) is 0 Å². The summed E-state index contributed by atoms with van der Waals surface area (Å²) < 4.78 is 48.2. The monoisotopic (exact) mass is 291 g/mol. The predicted molar refractivity (Wildman–Crippen MR) is 71.7 cm³/mol. The minimum atomic E-state index is -2.99. The first-order chi connectivity index (χ1) is 8.83. The molecule has 1 N–H and O–H groups in total. The second-order valence-corrected chi connectivity index (χ2v) is 6.82. The van der Waals surface area contributed by atoms with Gasteiger partial charge in [-0.2, -0.15) is 0 Å². The quantitative estimate of drug-likeness (QED) is 0.839. The largest absolute Gasteiger partial charge is 0.310 e. The van der Waals surface area contributed by atoms with Crippen molar-refractivity contribution in [2.45, 2.75) is 25.8 Å². The summed E-state index contributed by atoms with van der Waals surface area (Å²) in [6.07, 6.45) is 2.23. The van der Waals surface area contributed by atoms with Gasteiger partial charge in [0, 0.05) is 18.1 Å². The summed E-state index contributed by atoms with van der Waals surface area (Å²) in [4.78, 5) is 0. The third-order valence-electron chi connectivity index (χ3n) is 2.80. The maximum atomic E-state index is 13.2. The molecule has 0 aliphatic heterocycles. The lowest BCUT2D eigenvalue weighted by Crippen LogP contribution is -2.22. The molecule has 0 heterocycles. The first-order valence-electron chi connectivity index (χ1n) is 6.19. The Morgan fingerprint density at radius 3 is 2.47 bits per heavy atom. The van der Waals surface area contributed by atoms with Crippen molar-refractivity contribution in [2.24, 2.45) is 0 Å². The van der Waals surface area contributed by atoms with E-state index in [1.165, 1.54) is 12.3 Å². The molecule has 1 unspecified atom stereocenters. The molecule has 1 rings (SSSR count). The highest BCUT2D eigenvalue weighted by atomic mass is 32.2. The molecule has 1 aromatic rings. The number of hydrogen-bond donors (Lipinski definition) is 1. The van der Waals surface area contributed by atoms with Crippen molar-refractivity contribution in [3.05, 3.63) is 35.4 Å². The van der Waals surface area contributed by atoms with Crippen molar-refractivity contribution in [1.29, 1.82) is 0 Å². The zero-order valence-electron chi connectivity index (χ0n) is 11.1. The molecule has 0 saturated heterocycles. The van der Waals surface area contributed by atoms with E-state index in [-0.39, 0.29) is 11.8 Å². The molecule has 3 nitrogen and oxygen atoms in total. The zero-order chi connectivity index (χ0) is 14.5. The highest BCUT2D eigenvalue weighted by Gasteiger charge is 2.14. The van der Waals surface area contributed by atoms with Gasteiger partial charge in [-0.05, 0) is 37.1 Å². The Bertz CT molecular complexity index is 517. The lowest BCUT2D eigenvalue weighted by molar-refractivity contribution is 0.485. The molecule has 19 heavy (non-hydrogen) atoms. The van der Waals surface area contributed by atoms with Crippen LogP contribution < -0.4 is 5.32 Å². The van der Waals surface area contributed by atoms with Crippen LogP contribution in [0.3, 0.4) is 0 Å². The van der Waals surface area contributed by atoms with Crippen LogP contribution in [-0.4, -0.2) is 27.0 Å². The Hall–Kier alpha value is -1.01. The number of sulfone groups is 1. The van der Waals surface area contributed by atoms with Crippen molar-refractivity contribution in [1.82, 2.24) is 5.32 Å². The van der Waals surface area contributed by atoms with Crippen LogP contribution in [0.4, 0.5) is 8.78 Å². The predicted octanol–water partition coefficient (Wildman–Crippen LogP) is 2.44. The van der Waals surface area contributed by atoms with Crippen molar-refractivity contribution >= 4 is 9.84 Å². The van der Waals surface area contributed by atoms with E-state index in [4.69, 9.17) is 0 Å². The van der Waals surface area contributed by atoms with Crippen LogP contribution in [0.5, 0.6) is 0 Å². The molecular weight excluding hydrogens is 272 g/mol. The molecule has 108 valence electrons. The maximum Gasteiger partial charge on any atom is 0.159 e. The third kappa shape index (κ3) is 5.65. The van der Waals surface area contributed by atoms with Crippen LogP contribution in [-0.2, 0) is 9.84 Å². The lowest BCUT2D eigenvalue weighted by atomic mass is 10.0. The fraction of sp³-hybridized carbons (Fsp3) is 0.538. The van der Waals surface area contributed by atoms with E-state index in [1.807, 2.05) is 6.92 Å². The van der Waals surface area contributed by atoms with Crippen LogP contribution in [0.15, 0.2) is 18.2 Å². The second kappa shape index (κ2) is 6.96. The molecule has 0 aliphatic rings. The highest BCUT2D eigenvalue weighted by Crippen LogP contribution is 2.21. The third-order valence-corrected chi connectivity index (χ3v) is 3.83. The van der Waals surface area contributed by atoms with Gasteiger partial charge in [0.2, 0.25) is 0 Å². The topological polar surface area (TPSA) is 46.2 Å². The average Bonchev–Trinajstić information content (AvgIpc) is 2.30. The average molecular weight is 291 g/mol. The van der Waals surface area contributed by atoms with E-state index in [0.29, 0.717) is 24.9 Å². The van der Waals surface area contributed by atoms with Crippen molar-refractivity contribution in [3.8, 4) is 0 Å². The molecule has 1 atom stereocenters. The van der Waals surface area contributed by atoms with E-state index in [2.05, 4.69) is 5.32 Å². The van der Waals surface area contributed by atoms with E-state index in [0.717, 1.165) is 12.1 Å². The van der Waals surface area contributed by atoms with E-state index < -0.39 is 21.5 Å². The van der Waals surface area contributed by atoms with Gasteiger partial charge in [-0.1, -0.05) is 13.0 Å². The standard InChI is InChI=1S/C13H19F2NO2S/c1-3-16-13(5-4-8-19(2,17)18)10-6-7-11(14)12(15)9-10/h6-7,9,13,16H,3-5,8H2,1-2H3. The Morgan fingerprint density at radius 1 is 1.26 bits per heavy atom. The summed E-state index contributed by atoms with van der Waals surface area (Å²) >= 11 is 0. The molecular formula is C13H19F2NO2S. The minimum Gasteiger partial charge on any atom is -0.310 e. The molecule has 0 radical (unpaired) electrons. The normalized spacial score (nSPS) is 13.5. The maximum absolute atomic E-state index is 13.2. The van der Waals surface area contributed by atoms with Gasteiger partial charge in [0.05, 0.1) is 0 Å². The second-order valence-electron chi connectivity index (χ2n) is 4.56. The first-order valence-corrected chi connectivity index (χ1v) is 8.25. The fourth-order valence-electron chi connectivity index (χ4n) is 1.91. The van der Waals surface area contributed by atoms with Gasteiger partial charge in [-0.3, -0.25) is 0 Å². The summed E-state index contributed by atoms with van der Waals surface area (Å²) in [6.45, 7) is 2.58. The summed E-state index contributed by atoms with van der Waals surface area (Å²) in [5.41, 5.74) is 0.634. The van der Waals surface area contributed by atoms with Gasteiger partial charge in [0.25, 0.3) is 0 Å². The van der Waals surface area contributed by atoms with E-state index in [9.17, 15) is 17.2 Å². The number of benzene rings is 1.